The molecule has 9 heteroatoms. The first kappa shape index (κ1) is 25.1. The molecule has 170 valence electrons. The Morgan fingerprint density at radius 2 is 1.87 bits per heavy atom. The second kappa shape index (κ2) is 9.54. The van der Waals surface area contributed by atoms with E-state index in [0.717, 1.165) is 23.2 Å². The molecule has 4 nitrogen and oxygen atoms in total. The minimum Gasteiger partial charge on any atom is -0.458 e. The zero-order chi connectivity index (χ0) is 23.6. The van der Waals surface area contributed by atoms with Crippen molar-refractivity contribution in [2.75, 3.05) is 7.05 Å². The van der Waals surface area contributed by atoms with Crippen molar-refractivity contribution in [3.63, 3.8) is 0 Å². The minimum absolute atomic E-state index is 0.0638. The predicted octanol–water partition coefficient (Wildman–Crippen LogP) is 5.88. The van der Waals surface area contributed by atoms with Crippen molar-refractivity contribution in [2.45, 2.75) is 51.4 Å². The Morgan fingerprint density at radius 1 is 1.26 bits per heavy atom. The number of rotatable bonds is 7. The molecule has 31 heavy (non-hydrogen) atoms. The quantitative estimate of drug-likeness (QED) is 0.152. The van der Waals surface area contributed by atoms with Crippen LogP contribution in [0.15, 0.2) is 46.1 Å². The predicted molar refractivity (Wildman–Crippen MR) is 111 cm³/mol. The molecule has 0 spiro atoms. The monoisotopic (exact) mass is 505 g/mol. The molecule has 1 atom stereocenters. The number of hydrogen-bond donors (Lipinski definition) is 0. The molecule has 2 rings (SSSR count). The average molecular weight is 506 g/mol. The molecule has 1 fully saturated rings. The van der Waals surface area contributed by atoms with E-state index in [0.29, 0.717) is 17.3 Å². The highest BCUT2D eigenvalue weighted by molar-refractivity contribution is 9.10. The lowest BCUT2D eigenvalue weighted by atomic mass is 10.0. The SMILES string of the molecule is CN(/C=C\C(=C(/C=O)C1CC1)C(F)(F)F)C(C(=O)OC(C)(C)C)c1cc(Br)ccc1F. The van der Waals surface area contributed by atoms with Gasteiger partial charge in [-0.25, -0.2) is 9.18 Å². The summed E-state index contributed by atoms with van der Waals surface area (Å²) in [5, 5.41) is 0. The summed E-state index contributed by atoms with van der Waals surface area (Å²) in [5.74, 6) is -1.96. The fourth-order valence-electron chi connectivity index (χ4n) is 3.00. The normalized spacial score (nSPS) is 16.7. The van der Waals surface area contributed by atoms with E-state index in [1.54, 1.807) is 20.8 Å². The number of alkyl halides is 3. The molecule has 1 saturated carbocycles. The molecule has 0 aromatic heterocycles. The van der Waals surface area contributed by atoms with Gasteiger partial charge in [0.1, 0.15) is 17.7 Å². The third-order valence-electron chi connectivity index (χ3n) is 4.53. The van der Waals surface area contributed by atoms with Crippen LogP contribution >= 0.6 is 15.9 Å². The molecule has 1 unspecified atom stereocenters. The lowest BCUT2D eigenvalue weighted by molar-refractivity contribution is -0.160. The number of carbonyl (C=O) groups is 2. The fraction of sp³-hybridized carbons (Fsp3) is 0.455. The van der Waals surface area contributed by atoms with Crippen LogP contribution in [0.1, 0.15) is 45.2 Å². The lowest BCUT2D eigenvalue weighted by Crippen LogP contribution is -2.34. The zero-order valence-electron chi connectivity index (χ0n) is 17.6. The Labute approximate surface area is 187 Å². The van der Waals surface area contributed by atoms with E-state index in [4.69, 9.17) is 4.74 Å². The largest absolute Gasteiger partial charge is 0.458 e. The second-order valence-corrected chi connectivity index (χ2v) is 9.26. The van der Waals surface area contributed by atoms with Gasteiger partial charge in [0, 0.05) is 28.9 Å². The number of esters is 1. The van der Waals surface area contributed by atoms with Crippen LogP contribution < -0.4 is 0 Å². The highest BCUT2D eigenvalue weighted by Gasteiger charge is 2.39. The molecular formula is C22H24BrF4NO3. The Balaban J connectivity index is 2.49. The average Bonchev–Trinajstić information content (AvgIpc) is 3.44. The Kier molecular flexibility index (Phi) is 7.73. The van der Waals surface area contributed by atoms with E-state index in [1.807, 2.05) is 0 Å². The van der Waals surface area contributed by atoms with Gasteiger partial charge in [-0.1, -0.05) is 15.9 Å². The number of likely N-dealkylation sites (N-methyl/N-ethyl adjacent to an activating group) is 1. The number of benzene rings is 1. The number of ether oxygens (including phenoxy) is 1. The number of hydrogen-bond acceptors (Lipinski definition) is 4. The lowest BCUT2D eigenvalue weighted by Gasteiger charge is -2.30. The van der Waals surface area contributed by atoms with Crippen LogP contribution in [0.2, 0.25) is 0 Å². The van der Waals surface area contributed by atoms with Gasteiger partial charge >= 0.3 is 12.1 Å². The van der Waals surface area contributed by atoms with Crippen LogP contribution in [0.3, 0.4) is 0 Å². The molecule has 1 aliphatic rings. The van der Waals surface area contributed by atoms with Crippen molar-refractivity contribution in [3.05, 3.63) is 57.5 Å². The van der Waals surface area contributed by atoms with Crippen LogP contribution in [0, 0.1) is 11.7 Å². The van der Waals surface area contributed by atoms with Crippen molar-refractivity contribution in [3.8, 4) is 0 Å². The summed E-state index contributed by atoms with van der Waals surface area (Å²) >= 11 is 3.21. The molecule has 0 saturated heterocycles. The Morgan fingerprint density at radius 3 is 2.35 bits per heavy atom. The van der Waals surface area contributed by atoms with E-state index in [9.17, 15) is 27.2 Å². The minimum atomic E-state index is -4.75. The van der Waals surface area contributed by atoms with E-state index in [2.05, 4.69) is 15.9 Å². The van der Waals surface area contributed by atoms with Gasteiger partial charge in [-0.2, -0.15) is 13.2 Å². The maximum atomic E-state index is 14.5. The van der Waals surface area contributed by atoms with Crippen LogP contribution in [0.4, 0.5) is 17.6 Å². The number of aldehydes is 1. The van der Waals surface area contributed by atoms with Crippen molar-refractivity contribution in [2.24, 2.45) is 5.92 Å². The third kappa shape index (κ3) is 6.92. The first-order valence-corrected chi connectivity index (χ1v) is 10.4. The van der Waals surface area contributed by atoms with Crippen molar-refractivity contribution in [1.29, 1.82) is 0 Å². The standard InChI is InChI=1S/C22H24BrF4NO3/c1-21(2,3)31-20(30)19(15-11-14(23)7-8-18(15)24)28(4)10-9-17(22(25,26)27)16(12-29)13-5-6-13/h7-13,19H,5-6H2,1-4H3/b10-9-,17-16-. The molecular weight excluding hydrogens is 482 g/mol. The second-order valence-electron chi connectivity index (χ2n) is 8.34. The van der Waals surface area contributed by atoms with Gasteiger partial charge in [0.15, 0.2) is 6.04 Å². The molecule has 0 amide bonds. The number of halogens is 5. The van der Waals surface area contributed by atoms with Gasteiger partial charge < -0.3 is 9.64 Å². The van der Waals surface area contributed by atoms with Gasteiger partial charge in [0.05, 0.1) is 5.57 Å². The van der Waals surface area contributed by atoms with E-state index in [-0.39, 0.29) is 17.4 Å². The molecule has 0 N–H and O–H groups in total. The van der Waals surface area contributed by atoms with Crippen LogP contribution in [0.25, 0.3) is 0 Å². The summed E-state index contributed by atoms with van der Waals surface area (Å²) in [6.07, 6.45) is -1.73. The van der Waals surface area contributed by atoms with E-state index < -0.39 is 41.1 Å². The summed E-state index contributed by atoms with van der Waals surface area (Å²) in [4.78, 5) is 25.3. The summed E-state index contributed by atoms with van der Waals surface area (Å²) < 4.78 is 61.1. The molecule has 1 aliphatic carbocycles. The summed E-state index contributed by atoms with van der Waals surface area (Å²) in [5.41, 5.74) is -2.35. The van der Waals surface area contributed by atoms with Gasteiger partial charge in [-0.05, 0) is 63.8 Å². The third-order valence-corrected chi connectivity index (χ3v) is 5.02. The van der Waals surface area contributed by atoms with Crippen LogP contribution in [0.5, 0.6) is 0 Å². The topological polar surface area (TPSA) is 46.6 Å². The van der Waals surface area contributed by atoms with Crippen molar-refractivity contribution in [1.82, 2.24) is 4.90 Å². The first-order valence-electron chi connectivity index (χ1n) is 9.59. The van der Waals surface area contributed by atoms with Crippen molar-refractivity contribution >= 4 is 28.2 Å². The molecule has 1 aromatic carbocycles. The first-order chi connectivity index (χ1) is 14.2. The number of allylic oxidation sites excluding steroid dienone is 3. The van der Waals surface area contributed by atoms with Gasteiger partial charge in [0.2, 0.25) is 0 Å². The zero-order valence-corrected chi connectivity index (χ0v) is 19.2. The van der Waals surface area contributed by atoms with Gasteiger partial charge in [-0.3, -0.25) is 4.79 Å². The Bertz CT molecular complexity index is 899. The van der Waals surface area contributed by atoms with Gasteiger partial charge in [-0.15, -0.1) is 0 Å². The number of carbonyl (C=O) groups excluding carboxylic acids is 2. The Hall–Kier alpha value is -2.16. The maximum Gasteiger partial charge on any atom is 0.416 e. The summed E-state index contributed by atoms with van der Waals surface area (Å²) in [7, 11) is 1.34. The molecule has 0 aliphatic heterocycles. The smallest absolute Gasteiger partial charge is 0.416 e. The van der Waals surface area contributed by atoms with Crippen molar-refractivity contribution < 1.29 is 31.9 Å². The fourth-order valence-corrected chi connectivity index (χ4v) is 3.38. The highest BCUT2D eigenvalue weighted by atomic mass is 79.9. The van der Waals surface area contributed by atoms with E-state index in [1.165, 1.54) is 19.2 Å². The molecule has 1 aromatic rings. The van der Waals surface area contributed by atoms with Crippen LogP contribution in [-0.4, -0.2) is 36.0 Å². The maximum absolute atomic E-state index is 14.5. The van der Waals surface area contributed by atoms with E-state index >= 15 is 0 Å². The molecule has 0 radical (unpaired) electrons. The molecule has 0 bridgehead atoms. The number of nitrogens with zero attached hydrogens (tertiary/aromatic N) is 1. The van der Waals surface area contributed by atoms with Gasteiger partial charge in [0.25, 0.3) is 0 Å². The summed E-state index contributed by atoms with van der Waals surface area (Å²) in [6.45, 7) is 4.89. The highest BCUT2D eigenvalue weighted by Crippen LogP contribution is 2.41. The van der Waals surface area contributed by atoms with Crippen LogP contribution in [-0.2, 0) is 14.3 Å². The molecule has 0 heterocycles. The summed E-state index contributed by atoms with van der Waals surface area (Å²) in [6, 6.07) is 2.61.